The number of carboxylic acid groups (broad SMARTS) is 1. The summed E-state index contributed by atoms with van der Waals surface area (Å²) in [6.45, 7) is 10.1. The van der Waals surface area contributed by atoms with Crippen LogP contribution in [0.2, 0.25) is 0 Å². The van der Waals surface area contributed by atoms with E-state index < -0.39 is 22.7 Å². The van der Waals surface area contributed by atoms with Crippen molar-refractivity contribution in [3.05, 3.63) is 220 Å². The largest absolute Gasteiger partial charge is 0.481 e. The zero-order valence-electron chi connectivity index (χ0n) is 79.0. The second kappa shape index (κ2) is 45.3. The normalized spacial score (nSPS) is 13.5. The zero-order valence-corrected chi connectivity index (χ0v) is 79.0. The van der Waals surface area contributed by atoms with E-state index in [-0.39, 0.29) is 18.7 Å². The van der Waals surface area contributed by atoms with E-state index >= 15 is 0 Å². The Morgan fingerprint density at radius 2 is 0.596 bits per heavy atom. The molecule has 0 saturated carbocycles. The number of ether oxygens (including phenoxy) is 2. The summed E-state index contributed by atoms with van der Waals surface area (Å²) >= 11 is 0. The van der Waals surface area contributed by atoms with Gasteiger partial charge in [0.05, 0.1) is 35.4 Å². The molecule has 2 spiro atoms. The highest BCUT2D eigenvalue weighted by Gasteiger charge is 2.78. The number of anilines is 1. The molecule has 5 aliphatic rings. The number of carboxylic acids is 1. The first-order chi connectivity index (χ1) is 72.4. The third-order valence-electron chi connectivity index (χ3n) is 25.4. The molecule has 6 heteroatoms. The van der Waals surface area contributed by atoms with Crippen LogP contribution in [-0.4, -0.2) is 49.8 Å². The molecule has 21 rings (SSSR count). The second-order valence-corrected chi connectivity index (χ2v) is 32.8. The third kappa shape index (κ3) is 17.9. The minimum absolute atomic E-state index is 0.0136. The van der Waals surface area contributed by atoms with E-state index in [2.05, 4.69) is 483 Å². The molecule has 0 amide bonds. The van der Waals surface area contributed by atoms with Crippen LogP contribution < -0.4 is 15.3 Å². The molecule has 1 heterocycles. The molecular formula is C140H65NO5. The van der Waals surface area contributed by atoms with Crippen LogP contribution in [-0.2, 0) is 36.3 Å². The van der Waals surface area contributed by atoms with Crippen LogP contribution in [0.15, 0.2) is 182 Å². The van der Waals surface area contributed by atoms with E-state index in [4.69, 9.17) is 9.47 Å². The first-order valence-electron chi connectivity index (χ1n) is 46.4. The van der Waals surface area contributed by atoms with Crippen LogP contribution in [0.4, 0.5) is 5.69 Å². The van der Waals surface area contributed by atoms with Crippen molar-refractivity contribution in [2.24, 2.45) is 0 Å². The number of carbonyl (C=O) groups excluding carboxylic acids is 1. The average Bonchev–Trinajstić information content (AvgIpc) is 1.41. The molecule has 0 bridgehead atoms. The number of para-hydroxylation sites is 1. The lowest BCUT2D eigenvalue weighted by Gasteiger charge is -2.53. The van der Waals surface area contributed by atoms with Crippen molar-refractivity contribution in [1.29, 1.82) is 0 Å². The summed E-state index contributed by atoms with van der Waals surface area (Å²) in [7, 11) is 0. The SMILES string of the molecule is CC#CC#CC#CC#CC#CC#CC#CC#CC#CC#CC#CC#CC#CC#CC#CC#CC#CC#CC#CC#CC#CC#CC#CC#CC#CC#CC#CC#CC#CC.CCCCOCC1N(c2ccccc2)C(c2ccccc2)C23C4=c5ccc6c7ccc8c9ccc%10c%11ccc%12c%13c(c%14c%15c2c5c6c2c7c8c5c9c%10c(c%13%11)c%14c5c%152)C13C=%12C=C4.CCCCOCC=O.O=C(O)C(Cc1ccccc1)c1ccccc1. The number of allylic oxidation sites excluding steroid dienone is 2. The summed E-state index contributed by atoms with van der Waals surface area (Å²) in [6.07, 6.45) is 10.9. The molecule has 1 fully saturated rings. The Morgan fingerprint density at radius 3 is 0.918 bits per heavy atom. The van der Waals surface area contributed by atoms with Crippen molar-refractivity contribution in [3.8, 4) is 343 Å². The van der Waals surface area contributed by atoms with Gasteiger partial charge in [-0.25, -0.2) is 0 Å². The minimum atomic E-state index is -0.778. The molecule has 1 aliphatic heterocycles. The average molecular weight is 1840 g/mol. The number of aldehydes is 1. The van der Waals surface area contributed by atoms with Crippen molar-refractivity contribution in [2.45, 2.75) is 88.6 Å². The number of benzene rings is 12. The van der Waals surface area contributed by atoms with Crippen molar-refractivity contribution < 1.29 is 24.2 Å². The molecule has 16 aromatic carbocycles. The summed E-state index contributed by atoms with van der Waals surface area (Å²) in [5.74, 6) is 144. The summed E-state index contributed by atoms with van der Waals surface area (Å²) < 4.78 is 12.0. The Morgan fingerprint density at radius 1 is 0.322 bits per heavy atom. The van der Waals surface area contributed by atoms with Crippen molar-refractivity contribution in [1.82, 2.24) is 0 Å². The van der Waals surface area contributed by atoms with Crippen LogP contribution in [0.25, 0.3) is 130 Å². The van der Waals surface area contributed by atoms with Gasteiger partial charge in [0.15, 0.2) is 0 Å². The number of rotatable bonds is 16. The Labute approximate surface area is 849 Å². The highest BCUT2D eigenvalue weighted by molar-refractivity contribution is 6.64. The molecule has 16 aromatic rings. The molecule has 6 nitrogen and oxygen atoms in total. The van der Waals surface area contributed by atoms with Gasteiger partial charge in [-0.15, -0.1) is 0 Å². The molecule has 1 N–H and O–H groups in total. The maximum Gasteiger partial charge on any atom is 0.311 e. The number of hydrogen-bond donors (Lipinski definition) is 1. The van der Waals surface area contributed by atoms with Gasteiger partial charge in [-0.05, 0) is 308 Å². The second-order valence-electron chi connectivity index (χ2n) is 32.8. The lowest BCUT2D eigenvalue weighted by atomic mass is 9.46. The van der Waals surface area contributed by atoms with Crippen LogP contribution in [0, 0.1) is 343 Å². The number of fused-ring (bicyclic) bond motifs is 3. The molecule has 1 saturated heterocycles. The summed E-state index contributed by atoms with van der Waals surface area (Å²) in [4.78, 5) is 23.8. The van der Waals surface area contributed by atoms with Crippen LogP contribution in [0.5, 0.6) is 0 Å². The van der Waals surface area contributed by atoms with Crippen molar-refractivity contribution >= 4 is 148 Å². The fourth-order valence-corrected chi connectivity index (χ4v) is 20.8. The third-order valence-corrected chi connectivity index (χ3v) is 25.4. The van der Waals surface area contributed by atoms with E-state index in [0.29, 0.717) is 13.0 Å². The lowest BCUT2D eigenvalue weighted by molar-refractivity contribution is -0.138. The number of unbranched alkanes of at least 4 members (excludes halogenated alkanes) is 2. The van der Waals surface area contributed by atoms with Gasteiger partial charge in [0.2, 0.25) is 0 Å². The van der Waals surface area contributed by atoms with Crippen LogP contribution in [0.1, 0.15) is 93.2 Å². The van der Waals surface area contributed by atoms with Crippen molar-refractivity contribution in [3.63, 3.8) is 0 Å². The maximum atomic E-state index is 11.3. The van der Waals surface area contributed by atoms with E-state index in [1.165, 1.54) is 124 Å². The van der Waals surface area contributed by atoms with Gasteiger partial charge in [0.25, 0.3) is 0 Å². The number of carbonyl (C=O) groups is 2. The molecule has 0 aromatic heterocycles. The molecule has 0 radical (unpaired) electrons. The lowest BCUT2D eigenvalue weighted by Crippen LogP contribution is -2.56. The number of aliphatic carboxylic acids is 1. The molecular weight excluding hydrogens is 1780 g/mol. The highest BCUT2D eigenvalue weighted by Crippen LogP contribution is 2.80. The summed E-state index contributed by atoms with van der Waals surface area (Å²) in [6, 6.07) is 62.4. The molecule has 660 valence electrons. The number of nitrogens with zero attached hydrogens (tertiary/aromatic N) is 1. The van der Waals surface area contributed by atoms with Gasteiger partial charge >= 0.3 is 5.97 Å². The Bertz CT molecular complexity index is 10200. The van der Waals surface area contributed by atoms with Gasteiger partial charge < -0.3 is 24.3 Å². The first kappa shape index (κ1) is 94.4. The topological polar surface area (TPSA) is 76.1 Å². The van der Waals surface area contributed by atoms with Gasteiger partial charge in [0, 0.05) is 256 Å². The first-order valence-corrected chi connectivity index (χ1v) is 46.4. The van der Waals surface area contributed by atoms with Crippen molar-refractivity contribution in [2.75, 3.05) is 31.3 Å². The standard InChI is InChI=1S/C60H6.C59H33NO.C15H14O2.C6H12O2/c1-3-5-7-9-11-13-15-17-19-21-23-25-27-29-31-33-35-37-39-41-43-45-47-49-51-53-55-57-59-60-58-56-54-52-50-48-46-44-42-40-38-36-34-32-30-28-26-24-22-20-18-16-14-12-10-8-6-4-2;1-2-3-24-61-25-38-58-36-22-23-37-35-21-19-33-31-17-15-29-28-14-16-30-32-18-20-34(36)45-43(32)48-41(30)39(28)47-40(29)42(31)49-44(33)46(35)56(54-52(49)50(47)51(48)53(54)55(45)58)59(37,58)57(26-10-6-4-7-11-26)60(38)27-12-8-5-9-13-27;16-15(17)14(13-9-5-2-6-10-13)11-12-7-3-1-4-8-12;1-2-3-5-8-6-4-7/h1-2H3;4-23,38,57H,2-3,24-25H2,1H3;1-10,14H,11H2,(H,16,17);4H,2-3,5-6H2,1H3. The highest BCUT2D eigenvalue weighted by atomic mass is 16.5. The van der Waals surface area contributed by atoms with Gasteiger partial charge in [-0.3, -0.25) is 4.79 Å². The Kier molecular flexibility index (Phi) is 29.3. The molecule has 5 unspecified atom stereocenters. The Balaban J connectivity index is 0.000000155. The summed E-state index contributed by atoms with van der Waals surface area (Å²) in [5, 5.41) is 45.4. The number of hydrogen-bond acceptors (Lipinski definition) is 5. The monoisotopic (exact) mass is 1840 g/mol. The fraction of sp³-hybridized carbons (Fsp3) is 0.129. The molecule has 4 aliphatic carbocycles. The maximum absolute atomic E-state index is 11.3. The smallest absolute Gasteiger partial charge is 0.311 e. The fourth-order valence-electron chi connectivity index (χ4n) is 20.8. The van der Waals surface area contributed by atoms with E-state index in [9.17, 15) is 14.7 Å². The van der Waals surface area contributed by atoms with E-state index in [1.807, 2.05) is 60.7 Å². The van der Waals surface area contributed by atoms with Gasteiger partial charge in [-0.1, -0.05) is 208 Å². The van der Waals surface area contributed by atoms with Crippen LogP contribution >= 0.6 is 0 Å². The van der Waals surface area contributed by atoms with Gasteiger partial charge in [-0.2, -0.15) is 0 Å². The summed E-state index contributed by atoms with van der Waals surface area (Å²) in [5.41, 5.74) is 9.98. The predicted octanol–water partition coefficient (Wildman–Crippen LogP) is 17.9. The zero-order chi connectivity index (χ0) is 100. The molecule has 146 heavy (non-hydrogen) atoms. The molecule has 5 atom stereocenters. The predicted molar refractivity (Wildman–Crippen MR) is 590 cm³/mol. The van der Waals surface area contributed by atoms with Gasteiger partial charge in [0.1, 0.15) is 12.9 Å². The minimum Gasteiger partial charge on any atom is -0.481 e. The van der Waals surface area contributed by atoms with E-state index in [0.717, 1.165) is 56.3 Å². The Hall–Kier alpha value is -22.0. The van der Waals surface area contributed by atoms with Crippen LogP contribution in [0.3, 0.4) is 0 Å². The van der Waals surface area contributed by atoms with E-state index in [1.54, 1.807) is 51.9 Å². The quantitative estimate of drug-likeness (QED) is 0.0450.